The van der Waals surface area contributed by atoms with Gasteiger partial charge in [-0.2, -0.15) is 0 Å². The molecule has 3 aliphatic carbocycles. The quantitative estimate of drug-likeness (QED) is 0.675. The Morgan fingerprint density at radius 3 is 2.52 bits per heavy atom. The van der Waals surface area contributed by atoms with Crippen molar-refractivity contribution >= 4 is 23.4 Å². The van der Waals surface area contributed by atoms with Gasteiger partial charge in [-0.1, -0.05) is 11.6 Å². The summed E-state index contributed by atoms with van der Waals surface area (Å²) in [5, 5.41) is 5.76. The molecule has 4 nitrogen and oxygen atoms in total. The van der Waals surface area contributed by atoms with Crippen LogP contribution in [0.4, 0.5) is 8.78 Å². The van der Waals surface area contributed by atoms with E-state index in [1.807, 2.05) is 0 Å². The zero-order valence-electron chi connectivity index (χ0n) is 16.6. The summed E-state index contributed by atoms with van der Waals surface area (Å²) in [5.41, 5.74) is -0.424. The van der Waals surface area contributed by atoms with E-state index in [1.165, 1.54) is 19.1 Å². The van der Waals surface area contributed by atoms with Crippen LogP contribution in [0.2, 0.25) is 5.02 Å². The van der Waals surface area contributed by atoms with Gasteiger partial charge in [-0.3, -0.25) is 9.59 Å². The standard InChI is InChI=1S/C22H27ClF2N2O2/c1-12(28)26-15-3-2-14(10-15)21(29)27-20(22-8-6-13(11-22)7-9-22)18-17(24)5-4-16(23)19(18)25/h4-5,13-15,20H,2-3,6-11H2,1H3,(H,26,28)(H,27,29)/t13?,14-,15?,20+,22?/m1/s1. The van der Waals surface area contributed by atoms with Crippen LogP contribution in [0.1, 0.15) is 69.9 Å². The van der Waals surface area contributed by atoms with Crippen molar-refractivity contribution in [2.45, 2.75) is 70.4 Å². The number of nitrogens with one attached hydrogen (secondary N) is 2. The molecule has 0 saturated heterocycles. The second kappa shape index (κ2) is 7.86. The third-order valence-electron chi connectivity index (χ3n) is 7.27. The molecule has 1 unspecified atom stereocenters. The molecule has 3 saturated carbocycles. The van der Waals surface area contributed by atoms with Crippen molar-refractivity contribution in [2.75, 3.05) is 0 Å². The molecule has 1 aromatic carbocycles. The molecule has 0 aliphatic heterocycles. The van der Waals surface area contributed by atoms with Crippen LogP contribution in [0, 0.1) is 28.9 Å². The van der Waals surface area contributed by atoms with Crippen LogP contribution in [-0.4, -0.2) is 17.9 Å². The minimum atomic E-state index is -0.774. The van der Waals surface area contributed by atoms with Gasteiger partial charge in [0.05, 0.1) is 11.1 Å². The van der Waals surface area contributed by atoms with Gasteiger partial charge in [0.15, 0.2) is 0 Å². The number of fused-ring (bicyclic) bond motifs is 2. The highest BCUT2D eigenvalue weighted by Gasteiger charge is 2.52. The number of amides is 2. The van der Waals surface area contributed by atoms with Gasteiger partial charge in [0.25, 0.3) is 0 Å². The van der Waals surface area contributed by atoms with E-state index in [1.54, 1.807) is 0 Å². The van der Waals surface area contributed by atoms with Crippen LogP contribution < -0.4 is 10.6 Å². The number of rotatable bonds is 5. The molecular formula is C22H27ClF2N2O2. The van der Waals surface area contributed by atoms with Gasteiger partial charge in [0, 0.05) is 24.4 Å². The summed E-state index contributed by atoms with van der Waals surface area (Å²) in [7, 11) is 0. The first kappa shape index (κ1) is 20.6. The number of hydrogen-bond acceptors (Lipinski definition) is 2. The second-order valence-electron chi connectivity index (χ2n) is 9.12. The van der Waals surface area contributed by atoms with Crippen molar-refractivity contribution in [1.29, 1.82) is 0 Å². The third-order valence-corrected chi connectivity index (χ3v) is 7.57. The summed E-state index contributed by atoms with van der Waals surface area (Å²) in [6, 6.07) is 1.65. The fraction of sp³-hybridized carbons (Fsp3) is 0.636. The van der Waals surface area contributed by atoms with Gasteiger partial charge in [-0.05, 0) is 74.8 Å². The summed E-state index contributed by atoms with van der Waals surface area (Å²) in [5.74, 6) is -1.44. The first-order chi connectivity index (χ1) is 13.8. The van der Waals surface area contributed by atoms with E-state index < -0.39 is 17.7 Å². The Morgan fingerprint density at radius 2 is 1.90 bits per heavy atom. The van der Waals surface area contributed by atoms with Crippen LogP contribution in [0.5, 0.6) is 0 Å². The van der Waals surface area contributed by atoms with E-state index in [0.717, 1.165) is 38.5 Å². The maximum atomic E-state index is 14.9. The minimum absolute atomic E-state index is 0.0261. The highest BCUT2D eigenvalue weighted by molar-refractivity contribution is 6.30. The van der Waals surface area contributed by atoms with Crippen molar-refractivity contribution in [3.8, 4) is 0 Å². The maximum Gasteiger partial charge on any atom is 0.223 e. The van der Waals surface area contributed by atoms with E-state index in [-0.39, 0.29) is 39.8 Å². The van der Waals surface area contributed by atoms with Gasteiger partial charge in [-0.25, -0.2) is 8.78 Å². The maximum absolute atomic E-state index is 14.9. The first-order valence-corrected chi connectivity index (χ1v) is 10.9. The molecule has 29 heavy (non-hydrogen) atoms. The van der Waals surface area contributed by atoms with Gasteiger partial charge >= 0.3 is 0 Å². The molecule has 0 spiro atoms. The average Bonchev–Trinajstić information content (AvgIpc) is 3.40. The van der Waals surface area contributed by atoms with Crippen LogP contribution in [-0.2, 0) is 9.59 Å². The van der Waals surface area contributed by atoms with Gasteiger partial charge in [0.1, 0.15) is 11.6 Å². The lowest BCUT2D eigenvalue weighted by Gasteiger charge is -2.38. The Morgan fingerprint density at radius 1 is 1.17 bits per heavy atom. The zero-order valence-corrected chi connectivity index (χ0v) is 17.3. The second-order valence-corrected chi connectivity index (χ2v) is 9.52. The molecule has 2 amide bonds. The predicted octanol–water partition coefficient (Wildman–Crippen LogP) is 4.66. The summed E-state index contributed by atoms with van der Waals surface area (Å²) in [6.07, 6.45) is 6.58. The third kappa shape index (κ3) is 3.88. The molecule has 7 heteroatoms. The molecule has 2 bridgehead atoms. The van der Waals surface area contributed by atoms with E-state index in [0.29, 0.717) is 18.8 Å². The van der Waals surface area contributed by atoms with Crippen molar-refractivity contribution in [1.82, 2.24) is 10.6 Å². The predicted molar refractivity (Wildman–Crippen MR) is 106 cm³/mol. The first-order valence-electron chi connectivity index (χ1n) is 10.5. The van der Waals surface area contributed by atoms with E-state index >= 15 is 0 Å². The normalized spacial score (nSPS) is 31.7. The number of carbonyl (C=O) groups is 2. The number of halogens is 3. The Hall–Kier alpha value is -1.69. The zero-order chi connectivity index (χ0) is 20.8. The molecule has 1 aromatic rings. The van der Waals surface area contributed by atoms with Crippen molar-refractivity contribution in [3.05, 3.63) is 34.4 Å². The van der Waals surface area contributed by atoms with E-state index in [9.17, 15) is 18.4 Å². The highest BCUT2D eigenvalue weighted by Crippen LogP contribution is 2.60. The Kier molecular flexibility index (Phi) is 5.58. The summed E-state index contributed by atoms with van der Waals surface area (Å²) in [4.78, 5) is 24.4. The monoisotopic (exact) mass is 424 g/mol. The smallest absolute Gasteiger partial charge is 0.223 e. The van der Waals surface area contributed by atoms with Crippen LogP contribution in [0.25, 0.3) is 0 Å². The van der Waals surface area contributed by atoms with Crippen LogP contribution in [0.15, 0.2) is 12.1 Å². The molecule has 0 aromatic heterocycles. The molecule has 3 fully saturated rings. The van der Waals surface area contributed by atoms with Gasteiger partial charge in [-0.15, -0.1) is 0 Å². The molecule has 158 valence electrons. The largest absolute Gasteiger partial charge is 0.354 e. The molecule has 0 radical (unpaired) electrons. The summed E-state index contributed by atoms with van der Waals surface area (Å²) >= 11 is 5.97. The fourth-order valence-corrected chi connectivity index (χ4v) is 6.04. The summed E-state index contributed by atoms with van der Waals surface area (Å²) in [6.45, 7) is 1.46. The number of carbonyl (C=O) groups excluding carboxylic acids is 2. The number of benzene rings is 1. The summed E-state index contributed by atoms with van der Waals surface area (Å²) < 4.78 is 29.7. The van der Waals surface area contributed by atoms with Crippen molar-refractivity contribution < 1.29 is 18.4 Å². The minimum Gasteiger partial charge on any atom is -0.354 e. The van der Waals surface area contributed by atoms with Gasteiger partial charge in [0.2, 0.25) is 11.8 Å². The molecule has 3 atom stereocenters. The Labute approximate surface area is 174 Å². The van der Waals surface area contributed by atoms with Crippen LogP contribution >= 0.6 is 11.6 Å². The van der Waals surface area contributed by atoms with Crippen molar-refractivity contribution in [2.24, 2.45) is 17.3 Å². The molecule has 4 rings (SSSR count). The highest BCUT2D eigenvalue weighted by atomic mass is 35.5. The van der Waals surface area contributed by atoms with E-state index in [2.05, 4.69) is 10.6 Å². The topological polar surface area (TPSA) is 58.2 Å². The fourth-order valence-electron chi connectivity index (χ4n) is 5.88. The molecule has 0 heterocycles. The SMILES string of the molecule is CC(=O)NC1CC[C@@H](C(=O)N[C@@H](c2c(F)ccc(Cl)c2F)C23CCC(CC2)C3)C1. The number of hydrogen-bond donors (Lipinski definition) is 2. The lowest BCUT2D eigenvalue weighted by atomic mass is 9.74. The van der Waals surface area contributed by atoms with Crippen molar-refractivity contribution in [3.63, 3.8) is 0 Å². The van der Waals surface area contributed by atoms with Gasteiger partial charge < -0.3 is 10.6 Å². The molecule has 2 N–H and O–H groups in total. The lowest BCUT2D eigenvalue weighted by molar-refractivity contribution is -0.127. The lowest BCUT2D eigenvalue weighted by Crippen LogP contribution is -2.42. The molecule has 3 aliphatic rings. The van der Waals surface area contributed by atoms with E-state index in [4.69, 9.17) is 11.6 Å². The van der Waals surface area contributed by atoms with Crippen LogP contribution in [0.3, 0.4) is 0 Å². The molecular weight excluding hydrogens is 398 g/mol. The Bertz CT molecular complexity index is 823. The average molecular weight is 425 g/mol. The Balaban J connectivity index is 1.60.